The van der Waals surface area contributed by atoms with Crippen LogP contribution in [0.15, 0.2) is 218 Å². The van der Waals surface area contributed by atoms with Crippen LogP contribution in [-0.4, -0.2) is 9.13 Å². The van der Waals surface area contributed by atoms with Gasteiger partial charge in [-0.25, -0.2) is 0 Å². The summed E-state index contributed by atoms with van der Waals surface area (Å²) in [5.74, 6) is 0. The predicted octanol–water partition coefficient (Wildman–Crippen LogP) is 16.3. The predicted molar refractivity (Wildman–Crippen MR) is 263 cm³/mol. The van der Waals surface area contributed by atoms with E-state index in [1.165, 1.54) is 120 Å². The third kappa shape index (κ3) is 4.58. The fraction of sp³-hybridized carbons (Fsp3) is 0. The average Bonchev–Trinajstić information content (AvgIpc) is 3.86. The van der Waals surface area contributed by atoms with Crippen LogP contribution in [0, 0.1) is 0 Å². The molecule has 11 aromatic carbocycles. The number of fused-ring (bicyclic) bond motifs is 20. The molecule has 286 valence electrons. The second-order valence-electron chi connectivity index (χ2n) is 16.8. The normalized spacial score (nSPS) is 12.2. The number of benzene rings is 11. The van der Waals surface area contributed by atoms with E-state index < -0.39 is 0 Å². The van der Waals surface area contributed by atoms with Crippen molar-refractivity contribution in [1.82, 2.24) is 9.13 Å². The van der Waals surface area contributed by atoms with Crippen molar-refractivity contribution in [1.29, 1.82) is 0 Å². The van der Waals surface area contributed by atoms with Gasteiger partial charge in [-0.05, 0) is 137 Å². The maximum Gasteiger partial charge on any atom is 0.0541 e. The average molecular weight is 785 g/mol. The Balaban J connectivity index is 1.14. The minimum absolute atomic E-state index is 1.14. The first kappa shape index (κ1) is 33.6. The van der Waals surface area contributed by atoms with Gasteiger partial charge in [0, 0.05) is 32.9 Å². The Morgan fingerprint density at radius 1 is 0.177 bits per heavy atom. The summed E-state index contributed by atoms with van der Waals surface area (Å²) >= 11 is 0. The van der Waals surface area contributed by atoms with Crippen LogP contribution in [0.25, 0.3) is 132 Å². The van der Waals surface area contributed by atoms with E-state index in [-0.39, 0.29) is 0 Å². The van der Waals surface area contributed by atoms with E-state index in [4.69, 9.17) is 0 Å². The van der Waals surface area contributed by atoms with Crippen molar-refractivity contribution in [3.8, 4) is 55.9 Å². The van der Waals surface area contributed by atoms with E-state index in [1.807, 2.05) is 0 Å². The van der Waals surface area contributed by atoms with E-state index in [0.717, 1.165) is 11.4 Å². The molecule has 0 N–H and O–H groups in total. The van der Waals surface area contributed by atoms with Crippen LogP contribution in [-0.2, 0) is 0 Å². The second-order valence-corrected chi connectivity index (χ2v) is 16.8. The fourth-order valence-corrected chi connectivity index (χ4v) is 11.0. The molecule has 0 bridgehead atoms. The van der Waals surface area contributed by atoms with Gasteiger partial charge in [0.25, 0.3) is 0 Å². The monoisotopic (exact) mass is 784 g/mol. The summed E-state index contributed by atoms with van der Waals surface area (Å²) in [5, 5.41) is 12.7. The lowest BCUT2D eigenvalue weighted by atomic mass is 9.79. The summed E-state index contributed by atoms with van der Waals surface area (Å²) in [5.41, 5.74) is 16.9. The van der Waals surface area contributed by atoms with Crippen LogP contribution < -0.4 is 0 Å². The van der Waals surface area contributed by atoms with Crippen LogP contribution in [0.4, 0.5) is 0 Å². The Bertz CT molecular complexity index is 3940. The number of nitrogens with zero attached hydrogens (tertiary/aromatic N) is 2. The van der Waals surface area contributed by atoms with Gasteiger partial charge < -0.3 is 9.13 Å². The molecule has 62 heavy (non-hydrogen) atoms. The summed E-state index contributed by atoms with van der Waals surface area (Å²) < 4.78 is 4.90. The van der Waals surface area contributed by atoms with Crippen molar-refractivity contribution in [2.24, 2.45) is 0 Å². The highest BCUT2D eigenvalue weighted by molar-refractivity contribution is 6.27. The molecule has 1 aliphatic rings. The zero-order valence-electron chi connectivity index (χ0n) is 33.7. The SMILES string of the molecule is c1ccc2c(c1)-c1ccc(-n3c4ccccc4c4ccccc43)cc1-c1cc(-n3c4ccccc4c4ccccc43)ccc1-c1cc3c4ccccc4c4ccccc4c3cc1-2. The van der Waals surface area contributed by atoms with E-state index in [2.05, 4.69) is 228 Å². The molecule has 0 fully saturated rings. The molecule has 2 heterocycles. The lowest BCUT2D eigenvalue weighted by molar-refractivity contribution is 1.17. The van der Waals surface area contributed by atoms with Gasteiger partial charge in [-0.3, -0.25) is 0 Å². The zero-order valence-corrected chi connectivity index (χ0v) is 33.7. The van der Waals surface area contributed by atoms with Crippen LogP contribution in [0.5, 0.6) is 0 Å². The molecule has 14 rings (SSSR count). The molecule has 1 aliphatic carbocycles. The molecule has 2 aromatic heterocycles. The Morgan fingerprint density at radius 2 is 0.435 bits per heavy atom. The van der Waals surface area contributed by atoms with Crippen LogP contribution in [0.1, 0.15) is 0 Å². The molecule has 2 heteroatoms. The molecule has 2 nitrogen and oxygen atoms in total. The number of hydrogen-bond acceptors (Lipinski definition) is 0. The van der Waals surface area contributed by atoms with Gasteiger partial charge in [0.1, 0.15) is 0 Å². The third-order valence-electron chi connectivity index (χ3n) is 13.7. The lowest BCUT2D eigenvalue weighted by Gasteiger charge is -2.26. The van der Waals surface area contributed by atoms with Gasteiger partial charge in [0.2, 0.25) is 0 Å². The van der Waals surface area contributed by atoms with E-state index in [9.17, 15) is 0 Å². The Morgan fingerprint density at radius 3 is 0.823 bits per heavy atom. The van der Waals surface area contributed by atoms with E-state index >= 15 is 0 Å². The number of hydrogen-bond donors (Lipinski definition) is 0. The highest BCUT2D eigenvalue weighted by Gasteiger charge is 2.26. The van der Waals surface area contributed by atoms with Gasteiger partial charge in [0.15, 0.2) is 0 Å². The first-order valence-electron chi connectivity index (χ1n) is 21.5. The molecule has 13 aromatic rings. The minimum Gasteiger partial charge on any atom is -0.309 e. The van der Waals surface area contributed by atoms with Gasteiger partial charge >= 0.3 is 0 Å². The molecule has 0 aliphatic heterocycles. The van der Waals surface area contributed by atoms with Crippen LogP contribution >= 0.6 is 0 Å². The highest BCUT2D eigenvalue weighted by Crippen LogP contribution is 2.51. The van der Waals surface area contributed by atoms with Crippen molar-refractivity contribution >= 4 is 75.9 Å². The largest absolute Gasteiger partial charge is 0.309 e. The molecule has 0 spiro atoms. The molecule has 0 unspecified atom stereocenters. The standard InChI is InChI=1S/C60H36N2/c1-4-18-42-39(15-1)40-16-2-5-19-43(40)54-36-56-46-32-30-38(62-59-27-13-9-23-49(59)50-24-10-14-28-60(50)62)34-52(46)51-33-37(61-57-25-11-7-21-47(57)48-22-8-12-26-58(48)61)29-31-45(51)41-17-3-6-20-44(41)55(56)35-53(42)54/h1-36H. The molecular weight excluding hydrogens is 749 g/mol. The molecule has 0 saturated carbocycles. The molecule has 0 radical (unpaired) electrons. The van der Waals surface area contributed by atoms with Gasteiger partial charge in [0.05, 0.1) is 22.1 Å². The summed E-state index contributed by atoms with van der Waals surface area (Å²) in [4.78, 5) is 0. The maximum atomic E-state index is 2.50. The number of para-hydroxylation sites is 4. The summed E-state index contributed by atoms with van der Waals surface area (Å²) in [7, 11) is 0. The lowest BCUT2D eigenvalue weighted by Crippen LogP contribution is -2.02. The Kier molecular flexibility index (Phi) is 6.86. The van der Waals surface area contributed by atoms with Crippen LogP contribution in [0.3, 0.4) is 0 Å². The van der Waals surface area contributed by atoms with Crippen molar-refractivity contribution < 1.29 is 0 Å². The van der Waals surface area contributed by atoms with Crippen molar-refractivity contribution in [2.75, 3.05) is 0 Å². The molecule has 0 atom stereocenters. The quantitative estimate of drug-likeness (QED) is 0.155. The Labute approximate surface area is 357 Å². The summed E-state index contributed by atoms with van der Waals surface area (Å²) in [6.45, 7) is 0. The van der Waals surface area contributed by atoms with Gasteiger partial charge in [-0.1, -0.05) is 158 Å². The summed E-state index contributed by atoms with van der Waals surface area (Å²) in [6.07, 6.45) is 0. The highest BCUT2D eigenvalue weighted by atomic mass is 15.0. The molecule has 0 saturated heterocycles. The maximum absolute atomic E-state index is 2.50. The Hall–Kier alpha value is -8.20. The third-order valence-corrected chi connectivity index (χ3v) is 13.7. The topological polar surface area (TPSA) is 9.86 Å². The first-order chi connectivity index (χ1) is 30.8. The zero-order chi connectivity index (χ0) is 40.5. The van der Waals surface area contributed by atoms with E-state index in [0.29, 0.717) is 0 Å². The number of aromatic nitrogens is 2. The van der Waals surface area contributed by atoms with Gasteiger partial charge in [-0.2, -0.15) is 0 Å². The fourth-order valence-electron chi connectivity index (χ4n) is 11.0. The second kappa shape index (κ2) is 12.7. The van der Waals surface area contributed by atoms with Crippen molar-refractivity contribution in [3.63, 3.8) is 0 Å². The number of rotatable bonds is 2. The summed E-state index contributed by atoms with van der Waals surface area (Å²) in [6, 6.07) is 81.5. The molecular formula is C60H36N2. The van der Waals surface area contributed by atoms with Crippen molar-refractivity contribution in [2.45, 2.75) is 0 Å². The van der Waals surface area contributed by atoms with E-state index in [1.54, 1.807) is 0 Å². The first-order valence-corrected chi connectivity index (χ1v) is 21.5. The molecule has 0 amide bonds. The van der Waals surface area contributed by atoms with Crippen LogP contribution in [0.2, 0.25) is 0 Å². The van der Waals surface area contributed by atoms with Gasteiger partial charge in [-0.15, -0.1) is 0 Å². The smallest absolute Gasteiger partial charge is 0.0541 e. The minimum atomic E-state index is 1.14. The van der Waals surface area contributed by atoms with Crippen molar-refractivity contribution in [3.05, 3.63) is 218 Å².